The van der Waals surface area contributed by atoms with Crippen LogP contribution in [0.25, 0.3) is 0 Å². The maximum Gasteiger partial charge on any atom is 0.323 e. The predicted molar refractivity (Wildman–Crippen MR) is 122 cm³/mol. The monoisotopic (exact) mass is 408 g/mol. The van der Waals surface area contributed by atoms with Crippen LogP contribution in [0.5, 0.6) is 0 Å². The van der Waals surface area contributed by atoms with Gasteiger partial charge in [0.2, 0.25) is 5.91 Å². The second kappa shape index (κ2) is 10.8. The van der Waals surface area contributed by atoms with Crippen molar-refractivity contribution >= 4 is 23.3 Å². The van der Waals surface area contributed by atoms with Crippen LogP contribution in [0.15, 0.2) is 54.6 Å². The third kappa shape index (κ3) is 6.07. The molecule has 6 heteroatoms. The molecule has 1 heterocycles. The van der Waals surface area contributed by atoms with E-state index in [0.717, 1.165) is 43.6 Å². The zero-order valence-corrected chi connectivity index (χ0v) is 17.9. The van der Waals surface area contributed by atoms with Crippen molar-refractivity contribution in [1.29, 1.82) is 0 Å². The standard InChI is InChI=1S/C24H32N4O2/c1-3-16-28-17-8-7-11-22(28)23(29)25-18(2)19-12-14-21(15-13-19)27-24(30)26-20-9-5-4-6-10-20/h4-6,9-10,12-15,18,22H,3,7-8,11,16-17H2,1-2H3,(H,25,29)(H2,26,27,30). The molecule has 1 fully saturated rings. The van der Waals surface area contributed by atoms with Gasteiger partial charge in [0.25, 0.3) is 0 Å². The Hall–Kier alpha value is -2.86. The number of rotatable bonds is 7. The van der Waals surface area contributed by atoms with Crippen LogP contribution >= 0.6 is 0 Å². The van der Waals surface area contributed by atoms with Gasteiger partial charge in [0.1, 0.15) is 0 Å². The number of nitrogens with zero attached hydrogens (tertiary/aromatic N) is 1. The smallest absolute Gasteiger partial charge is 0.323 e. The van der Waals surface area contributed by atoms with Gasteiger partial charge in [-0.3, -0.25) is 9.69 Å². The van der Waals surface area contributed by atoms with Crippen molar-refractivity contribution < 1.29 is 9.59 Å². The van der Waals surface area contributed by atoms with Gasteiger partial charge in [0.15, 0.2) is 0 Å². The maximum absolute atomic E-state index is 12.8. The van der Waals surface area contributed by atoms with Crippen molar-refractivity contribution in [1.82, 2.24) is 10.2 Å². The Morgan fingerprint density at radius 1 is 1.00 bits per heavy atom. The Kier molecular flexibility index (Phi) is 7.85. The Bertz CT molecular complexity index is 821. The van der Waals surface area contributed by atoms with E-state index < -0.39 is 0 Å². The van der Waals surface area contributed by atoms with Crippen molar-refractivity contribution in [3.8, 4) is 0 Å². The van der Waals surface area contributed by atoms with E-state index in [-0.39, 0.29) is 24.0 Å². The molecule has 2 unspecified atom stereocenters. The first-order valence-corrected chi connectivity index (χ1v) is 10.8. The van der Waals surface area contributed by atoms with Gasteiger partial charge >= 0.3 is 6.03 Å². The third-order valence-corrected chi connectivity index (χ3v) is 5.49. The summed E-state index contributed by atoms with van der Waals surface area (Å²) in [6.07, 6.45) is 4.27. The highest BCUT2D eigenvalue weighted by Crippen LogP contribution is 2.20. The lowest BCUT2D eigenvalue weighted by Crippen LogP contribution is -2.50. The van der Waals surface area contributed by atoms with Gasteiger partial charge in [-0.25, -0.2) is 4.79 Å². The number of anilines is 2. The number of para-hydroxylation sites is 1. The second-order valence-corrected chi connectivity index (χ2v) is 7.84. The molecule has 6 nitrogen and oxygen atoms in total. The van der Waals surface area contributed by atoms with Crippen LogP contribution in [0.1, 0.15) is 51.1 Å². The van der Waals surface area contributed by atoms with Crippen LogP contribution in [0, 0.1) is 0 Å². The molecule has 0 bridgehead atoms. The van der Waals surface area contributed by atoms with E-state index in [1.54, 1.807) is 0 Å². The Morgan fingerprint density at radius 3 is 2.33 bits per heavy atom. The van der Waals surface area contributed by atoms with E-state index in [0.29, 0.717) is 5.69 Å². The third-order valence-electron chi connectivity index (χ3n) is 5.49. The Balaban J connectivity index is 1.53. The van der Waals surface area contributed by atoms with Gasteiger partial charge in [-0.2, -0.15) is 0 Å². The summed E-state index contributed by atoms with van der Waals surface area (Å²) in [5.41, 5.74) is 2.45. The molecule has 0 radical (unpaired) electrons. The fourth-order valence-electron chi connectivity index (χ4n) is 3.91. The summed E-state index contributed by atoms with van der Waals surface area (Å²) in [7, 11) is 0. The highest BCUT2D eigenvalue weighted by Gasteiger charge is 2.28. The molecule has 3 N–H and O–H groups in total. The molecule has 3 rings (SSSR count). The number of likely N-dealkylation sites (tertiary alicyclic amines) is 1. The normalized spacial score (nSPS) is 17.7. The van der Waals surface area contributed by atoms with Crippen molar-refractivity contribution in [2.24, 2.45) is 0 Å². The lowest BCUT2D eigenvalue weighted by Gasteiger charge is -2.35. The largest absolute Gasteiger partial charge is 0.348 e. The number of hydrogen-bond donors (Lipinski definition) is 3. The van der Waals surface area contributed by atoms with Crippen LogP contribution < -0.4 is 16.0 Å². The summed E-state index contributed by atoms with van der Waals surface area (Å²) >= 11 is 0. The number of urea groups is 1. The molecule has 2 atom stereocenters. The van der Waals surface area contributed by atoms with Crippen molar-refractivity contribution in [2.45, 2.75) is 51.6 Å². The number of benzene rings is 2. The van der Waals surface area contributed by atoms with E-state index in [1.165, 1.54) is 6.42 Å². The molecule has 1 saturated heterocycles. The van der Waals surface area contributed by atoms with Gasteiger partial charge in [-0.1, -0.05) is 43.7 Å². The second-order valence-electron chi connectivity index (χ2n) is 7.84. The quantitative estimate of drug-likeness (QED) is 0.618. The molecule has 30 heavy (non-hydrogen) atoms. The topological polar surface area (TPSA) is 73.5 Å². The first-order valence-electron chi connectivity index (χ1n) is 10.8. The minimum atomic E-state index is -0.288. The number of nitrogens with one attached hydrogen (secondary N) is 3. The summed E-state index contributed by atoms with van der Waals surface area (Å²) in [5.74, 6) is 0.111. The zero-order chi connectivity index (χ0) is 21.3. The van der Waals surface area contributed by atoms with Gasteiger partial charge in [0.05, 0.1) is 12.1 Å². The summed E-state index contributed by atoms with van der Waals surface area (Å²) in [4.78, 5) is 27.3. The first kappa shape index (κ1) is 21.8. The van der Waals surface area contributed by atoms with Crippen molar-refractivity contribution in [3.63, 3.8) is 0 Å². The van der Waals surface area contributed by atoms with Gasteiger partial charge in [0, 0.05) is 11.4 Å². The van der Waals surface area contributed by atoms with Gasteiger partial charge < -0.3 is 16.0 Å². The number of amides is 3. The molecule has 1 aliphatic heterocycles. The first-order chi connectivity index (χ1) is 14.6. The molecule has 0 aliphatic carbocycles. The van der Waals surface area contributed by atoms with Gasteiger partial charge in [-0.05, 0) is 69.1 Å². The van der Waals surface area contributed by atoms with E-state index in [9.17, 15) is 9.59 Å². The highest BCUT2D eigenvalue weighted by molar-refractivity contribution is 5.99. The molecule has 1 aliphatic rings. The number of carbonyl (C=O) groups is 2. The summed E-state index contributed by atoms with van der Waals surface area (Å²) < 4.78 is 0. The molecular weight excluding hydrogens is 376 g/mol. The van der Waals surface area contributed by atoms with E-state index in [1.807, 2.05) is 61.5 Å². The number of carbonyl (C=O) groups excluding carboxylic acids is 2. The minimum Gasteiger partial charge on any atom is -0.348 e. The van der Waals surface area contributed by atoms with E-state index in [2.05, 4.69) is 27.8 Å². The van der Waals surface area contributed by atoms with Crippen LogP contribution in [0.2, 0.25) is 0 Å². The number of piperidine rings is 1. The molecule has 160 valence electrons. The van der Waals surface area contributed by atoms with Crippen molar-refractivity contribution in [3.05, 3.63) is 60.2 Å². The van der Waals surface area contributed by atoms with Crippen molar-refractivity contribution in [2.75, 3.05) is 23.7 Å². The van der Waals surface area contributed by atoms with Crippen LogP contribution in [0.3, 0.4) is 0 Å². The SMILES string of the molecule is CCCN1CCCCC1C(=O)NC(C)c1ccc(NC(=O)Nc2ccccc2)cc1. The molecule has 2 aromatic rings. The molecule has 3 amide bonds. The fraction of sp³-hybridized carbons (Fsp3) is 0.417. The molecule has 0 spiro atoms. The summed E-state index contributed by atoms with van der Waals surface area (Å²) in [6.45, 7) is 6.13. The average Bonchev–Trinajstić information content (AvgIpc) is 2.75. The highest BCUT2D eigenvalue weighted by atomic mass is 16.2. The Labute approximate surface area is 179 Å². The zero-order valence-electron chi connectivity index (χ0n) is 17.9. The minimum absolute atomic E-state index is 0.0243. The number of hydrogen-bond acceptors (Lipinski definition) is 3. The van der Waals surface area contributed by atoms with E-state index >= 15 is 0 Å². The Morgan fingerprint density at radius 2 is 1.67 bits per heavy atom. The predicted octanol–water partition coefficient (Wildman–Crippen LogP) is 4.77. The summed E-state index contributed by atoms with van der Waals surface area (Å²) in [6, 6.07) is 16.5. The van der Waals surface area contributed by atoms with Crippen LogP contribution in [-0.2, 0) is 4.79 Å². The van der Waals surface area contributed by atoms with Crippen LogP contribution in [-0.4, -0.2) is 36.0 Å². The molecular formula is C24H32N4O2. The van der Waals surface area contributed by atoms with Gasteiger partial charge in [-0.15, -0.1) is 0 Å². The lowest BCUT2D eigenvalue weighted by atomic mass is 10.00. The lowest BCUT2D eigenvalue weighted by molar-refractivity contribution is -0.128. The average molecular weight is 409 g/mol. The molecule has 2 aromatic carbocycles. The van der Waals surface area contributed by atoms with Crippen LogP contribution in [0.4, 0.5) is 16.2 Å². The fourth-order valence-corrected chi connectivity index (χ4v) is 3.91. The molecule has 0 aromatic heterocycles. The maximum atomic E-state index is 12.8. The van der Waals surface area contributed by atoms with E-state index in [4.69, 9.17) is 0 Å². The summed E-state index contributed by atoms with van der Waals surface area (Å²) in [5, 5.41) is 8.78. The molecule has 0 saturated carbocycles.